The molecular formula is C13H16N4O3. The number of imide groups is 2. The summed E-state index contributed by atoms with van der Waals surface area (Å²) in [6.45, 7) is 1.91. The number of anilines is 1. The van der Waals surface area contributed by atoms with E-state index in [1.807, 2.05) is 6.92 Å². The molecule has 1 aromatic heterocycles. The molecule has 3 rings (SSSR count). The van der Waals surface area contributed by atoms with E-state index in [1.54, 1.807) is 17.9 Å². The molecule has 0 aromatic carbocycles. The number of urea groups is 1. The van der Waals surface area contributed by atoms with Crippen molar-refractivity contribution in [3.8, 4) is 0 Å². The minimum Gasteiger partial charge on any atom is -0.276 e. The van der Waals surface area contributed by atoms with Crippen molar-refractivity contribution < 1.29 is 14.4 Å². The lowest BCUT2D eigenvalue weighted by molar-refractivity contribution is -0.148. The van der Waals surface area contributed by atoms with Crippen molar-refractivity contribution in [2.24, 2.45) is 12.5 Å². The Morgan fingerprint density at radius 3 is 2.60 bits per heavy atom. The van der Waals surface area contributed by atoms with Crippen molar-refractivity contribution in [3.05, 3.63) is 11.9 Å². The first-order valence-electron chi connectivity index (χ1n) is 6.72. The van der Waals surface area contributed by atoms with E-state index in [4.69, 9.17) is 0 Å². The highest BCUT2D eigenvalue weighted by atomic mass is 16.2. The van der Waals surface area contributed by atoms with Gasteiger partial charge in [-0.3, -0.25) is 19.6 Å². The molecule has 0 unspecified atom stereocenters. The third kappa shape index (κ3) is 1.52. The number of nitrogens with one attached hydrogen (secondary N) is 1. The van der Waals surface area contributed by atoms with Crippen molar-refractivity contribution in [2.45, 2.75) is 32.6 Å². The van der Waals surface area contributed by atoms with Gasteiger partial charge >= 0.3 is 6.03 Å². The standard InChI is InChI=1S/C13H16N4O3/c1-3-8-9(7-16(2)15-8)17-11(19)13(5-4-6-13)10(18)14-12(17)20/h7H,3-6H2,1-2H3,(H,14,18,20). The van der Waals surface area contributed by atoms with Gasteiger partial charge in [0, 0.05) is 13.2 Å². The summed E-state index contributed by atoms with van der Waals surface area (Å²) in [7, 11) is 1.74. The van der Waals surface area contributed by atoms with Crippen LogP contribution in [0.5, 0.6) is 0 Å². The Balaban J connectivity index is 2.05. The second-order valence-corrected chi connectivity index (χ2v) is 5.32. The van der Waals surface area contributed by atoms with Crippen LogP contribution in [0.4, 0.5) is 10.5 Å². The molecule has 2 aliphatic rings. The van der Waals surface area contributed by atoms with Crippen LogP contribution in [0.1, 0.15) is 31.9 Å². The van der Waals surface area contributed by atoms with E-state index >= 15 is 0 Å². The van der Waals surface area contributed by atoms with Gasteiger partial charge in [0.05, 0.1) is 11.4 Å². The fourth-order valence-electron chi connectivity index (χ4n) is 2.83. The van der Waals surface area contributed by atoms with Crippen LogP contribution in [0.15, 0.2) is 6.20 Å². The number of hydrogen-bond acceptors (Lipinski definition) is 4. The van der Waals surface area contributed by atoms with Gasteiger partial charge in [-0.1, -0.05) is 13.3 Å². The Bertz CT molecular complexity index is 615. The van der Waals surface area contributed by atoms with Gasteiger partial charge in [0.2, 0.25) is 5.91 Å². The van der Waals surface area contributed by atoms with Gasteiger partial charge in [0.25, 0.3) is 5.91 Å². The third-order valence-corrected chi connectivity index (χ3v) is 4.14. The number of hydrogen-bond donors (Lipinski definition) is 1. The Labute approximate surface area is 115 Å². The normalized spacial score (nSPS) is 21.1. The molecule has 7 nitrogen and oxygen atoms in total. The summed E-state index contributed by atoms with van der Waals surface area (Å²) in [5.74, 6) is -0.878. The smallest absolute Gasteiger partial charge is 0.276 e. The number of aromatic nitrogens is 2. The second-order valence-electron chi connectivity index (χ2n) is 5.32. The summed E-state index contributed by atoms with van der Waals surface area (Å²) in [6, 6.07) is -0.680. The molecule has 0 radical (unpaired) electrons. The lowest BCUT2D eigenvalue weighted by Gasteiger charge is -2.44. The van der Waals surface area contributed by atoms with E-state index in [0.717, 1.165) is 11.3 Å². The fraction of sp³-hybridized carbons (Fsp3) is 0.538. The fourth-order valence-corrected chi connectivity index (χ4v) is 2.83. The number of rotatable bonds is 2. The monoisotopic (exact) mass is 276 g/mol. The highest BCUT2D eigenvalue weighted by Crippen LogP contribution is 2.45. The van der Waals surface area contributed by atoms with E-state index in [2.05, 4.69) is 10.4 Å². The molecule has 0 bridgehead atoms. The molecule has 7 heteroatoms. The highest BCUT2D eigenvalue weighted by Gasteiger charge is 2.58. The second kappa shape index (κ2) is 4.16. The molecule has 1 saturated heterocycles. The molecule has 2 fully saturated rings. The molecule has 1 N–H and O–H groups in total. The van der Waals surface area contributed by atoms with Gasteiger partial charge in [-0.25, -0.2) is 9.69 Å². The highest BCUT2D eigenvalue weighted by molar-refractivity contribution is 6.30. The minimum atomic E-state index is -1.05. The Morgan fingerprint density at radius 1 is 1.35 bits per heavy atom. The molecule has 0 atom stereocenters. The van der Waals surface area contributed by atoms with Crippen LogP contribution in [0.3, 0.4) is 0 Å². The average molecular weight is 276 g/mol. The lowest BCUT2D eigenvalue weighted by Crippen LogP contribution is -2.66. The molecule has 1 aromatic rings. The molecule has 106 valence electrons. The van der Waals surface area contributed by atoms with Crippen LogP contribution in [0, 0.1) is 5.41 Å². The number of aryl methyl sites for hydroxylation is 2. The molecular weight excluding hydrogens is 260 g/mol. The number of barbiturate groups is 1. The molecule has 1 aliphatic carbocycles. The van der Waals surface area contributed by atoms with Crippen LogP contribution in [-0.2, 0) is 23.1 Å². The Morgan fingerprint density at radius 2 is 2.05 bits per heavy atom. The van der Waals surface area contributed by atoms with Gasteiger partial charge in [-0.2, -0.15) is 5.10 Å². The average Bonchev–Trinajstić information content (AvgIpc) is 2.68. The van der Waals surface area contributed by atoms with E-state index in [0.29, 0.717) is 30.6 Å². The number of amides is 4. The predicted octanol–water partition coefficient (Wildman–Crippen LogP) is 0.736. The first-order valence-corrected chi connectivity index (χ1v) is 6.72. The number of carbonyl (C=O) groups is 3. The maximum Gasteiger partial charge on any atom is 0.335 e. The van der Waals surface area contributed by atoms with Crippen LogP contribution in [-0.4, -0.2) is 27.6 Å². The van der Waals surface area contributed by atoms with E-state index in [1.165, 1.54) is 0 Å². The molecule has 20 heavy (non-hydrogen) atoms. The van der Waals surface area contributed by atoms with Crippen molar-refractivity contribution in [1.29, 1.82) is 0 Å². The molecule has 4 amide bonds. The quantitative estimate of drug-likeness (QED) is 0.807. The maximum absolute atomic E-state index is 12.6. The SMILES string of the molecule is CCc1nn(C)cc1N1C(=O)NC(=O)C2(CCC2)C1=O. The van der Waals surface area contributed by atoms with Gasteiger partial charge in [0.1, 0.15) is 5.41 Å². The van der Waals surface area contributed by atoms with Crippen LogP contribution in [0.2, 0.25) is 0 Å². The van der Waals surface area contributed by atoms with Crippen LogP contribution < -0.4 is 10.2 Å². The summed E-state index contributed by atoms with van der Waals surface area (Å²) in [4.78, 5) is 37.7. The zero-order valence-corrected chi connectivity index (χ0v) is 11.5. The van der Waals surface area contributed by atoms with Gasteiger partial charge in [-0.05, 0) is 19.3 Å². The van der Waals surface area contributed by atoms with Gasteiger partial charge < -0.3 is 0 Å². The molecule has 1 spiro atoms. The van der Waals surface area contributed by atoms with E-state index in [9.17, 15) is 14.4 Å². The van der Waals surface area contributed by atoms with Gasteiger partial charge in [0.15, 0.2) is 0 Å². The van der Waals surface area contributed by atoms with Crippen molar-refractivity contribution in [2.75, 3.05) is 4.90 Å². The molecule has 1 saturated carbocycles. The summed E-state index contributed by atoms with van der Waals surface area (Å²) in [6.07, 6.45) is 4.08. The summed E-state index contributed by atoms with van der Waals surface area (Å²) in [5, 5.41) is 6.54. The van der Waals surface area contributed by atoms with Crippen molar-refractivity contribution >= 4 is 23.5 Å². The number of nitrogens with zero attached hydrogens (tertiary/aromatic N) is 3. The van der Waals surface area contributed by atoms with Gasteiger partial charge in [-0.15, -0.1) is 0 Å². The first-order chi connectivity index (χ1) is 9.49. The van der Waals surface area contributed by atoms with Crippen LogP contribution in [0.25, 0.3) is 0 Å². The minimum absolute atomic E-state index is 0.416. The number of carbonyl (C=O) groups excluding carboxylic acids is 3. The topological polar surface area (TPSA) is 84.3 Å². The summed E-state index contributed by atoms with van der Waals surface area (Å²) in [5.41, 5.74) is 0.0884. The van der Waals surface area contributed by atoms with E-state index in [-0.39, 0.29) is 0 Å². The lowest BCUT2D eigenvalue weighted by atomic mass is 9.66. The van der Waals surface area contributed by atoms with Crippen LogP contribution >= 0.6 is 0 Å². The maximum atomic E-state index is 12.6. The Hall–Kier alpha value is -2.18. The first kappa shape index (κ1) is 12.8. The summed E-state index contributed by atoms with van der Waals surface area (Å²) < 4.78 is 1.57. The predicted molar refractivity (Wildman–Crippen MR) is 69.9 cm³/mol. The zero-order valence-electron chi connectivity index (χ0n) is 11.5. The molecule has 1 aliphatic heterocycles. The van der Waals surface area contributed by atoms with E-state index < -0.39 is 23.3 Å². The largest absolute Gasteiger partial charge is 0.335 e. The zero-order chi connectivity index (χ0) is 14.5. The third-order valence-electron chi connectivity index (χ3n) is 4.14. The Kier molecular flexibility index (Phi) is 2.67. The summed E-state index contributed by atoms with van der Waals surface area (Å²) >= 11 is 0. The van der Waals surface area contributed by atoms with Crippen molar-refractivity contribution in [3.63, 3.8) is 0 Å². The van der Waals surface area contributed by atoms with Crippen molar-refractivity contribution in [1.82, 2.24) is 15.1 Å². The molecule has 2 heterocycles.